The van der Waals surface area contributed by atoms with Gasteiger partial charge in [-0.2, -0.15) is 4.31 Å². The summed E-state index contributed by atoms with van der Waals surface area (Å²) >= 11 is 6.09. The van der Waals surface area contributed by atoms with Crippen molar-refractivity contribution in [3.05, 3.63) is 53.2 Å². The van der Waals surface area contributed by atoms with E-state index in [9.17, 15) is 13.5 Å². The molecule has 2 N–H and O–H groups in total. The lowest BCUT2D eigenvalue weighted by atomic mass is 10.0. The van der Waals surface area contributed by atoms with Crippen molar-refractivity contribution >= 4 is 56.1 Å². The third kappa shape index (κ3) is 4.38. The SMILES string of the molecule is CC1CCN(S(=O)(=O)c2ccc(Nc3ncc4cc(O)c5c(c4n3)N=CC(Cl)=CC5)cc2)CC1. The number of phenolic OH excluding ortho intramolecular Hbond substituents is 1. The molecule has 8 nitrogen and oxygen atoms in total. The summed E-state index contributed by atoms with van der Waals surface area (Å²) in [6.07, 6.45) is 7.12. The number of phenols is 1. The summed E-state index contributed by atoms with van der Waals surface area (Å²) in [6, 6.07) is 8.21. The van der Waals surface area contributed by atoms with Gasteiger partial charge in [0.1, 0.15) is 11.3 Å². The average Bonchev–Trinajstić information content (AvgIpc) is 3.03. The number of aromatic nitrogens is 2. The van der Waals surface area contributed by atoms with Crippen LogP contribution in [0, 0.1) is 5.92 Å². The zero-order valence-electron chi connectivity index (χ0n) is 18.6. The Labute approximate surface area is 203 Å². The van der Waals surface area contributed by atoms with Crippen LogP contribution in [0.25, 0.3) is 10.9 Å². The second kappa shape index (κ2) is 8.98. The molecule has 0 unspecified atom stereocenters. The van der Waals surface area contributed by atoms with E-state index in [1.165, 1.54) is 6.21 Å². The third-order valence-electron chi connectivity index (χ3n) is 6.24. The highest BCUT2D eigenvalue weighted by Gasteiger charge is 2.28. The van der Waals surface area contributed by atoms with E-state index in [4.69, 9.17) is 11.6 Å². The molecule has 3 heterocycles. The van der Waals surface area contributed by atoms with E-state index >= 15 is 0 Å². The molecule has 2 aliphatic heterocycles. The van der Waals surface area contributed by atoms with Crippen LogP contribution in [0.5, 0.6) is 5.75 Å². The molecule has 0 spiro atoms. The van der Waals surface area contributed by atoms with E-state index in [-0.39, 0.29) is 10.6 Å². The molecule has 3 aromatic rings. The van der Waals surface area contributed by atoms with Gasteiger partial charge in [-0.15, -0.1) is 0 Å². The molecule has 0 bridgehead atoms. The number of nitrogens with one attached hydrogen (secondary N) is 1. The minimum Gasteiger partial charge on any atom is -0.508 e. The summed E-state index contributed by atoms with van der Waals surface area (Å²) in [6.45, 7) is 3.26. The normalized spacial score (nSPS) is 17.3. The first kappa shape index (κ1) is 22.8. The summed E-state index contributed by atoms with van der Waals surface area (Å²) in [5.74, 6) is 1.00. The fraction of sp³-hybridized carbons (Fsp3) is 0.292. The molecule has 0 aliphatic carbocycles. The second-order valence-electron chi connectivity index (χ2n) is 8.64. The Bertz CT molecular complexity index is 1410. The molecule has 34 heavy (non-hydrogen) atoms. The first-order valence-electron chi connectivity index (χ1n) is 11.1. The number of hydrogen-bond donors (Lipinski definition) is 2. The average molecular weight is 498 g/mol. The number of nitrogens with zero attached hydrogens (tertiary/aromatic N) is 4. The van der Waals surface area contributed by atoms with E-state index in [1.807, 2.05) is 0 Å². The molecule has 0 radical (unpaired) electrons. The Morgan fingerprint density at radius 3 is 2.65 bits per heavy atom. The smallest absolute Gasteiger partial charge is 0.243 e. The number of benzene rings is 2. The van der Waals surface area contributed by atoms with Gasteiger partial charge in [-0.25, -0.2) is 18.4 Å². The molecule has 10 heteroatoms. The van der Waals surface area contributed by atoms with Crippen molar-refractivity contribution in [3.8, 4) is 5.75 Å². The monoisotopic (exact) mass is 497 g/mol. The number of aromatic hydroxyl groups is 1. The van der Waals surface area contributed by atoms with Crippen LogP contribution in [0.3, 0.4) is 0 Å². The maximum absolute atomic E-state index is 13.0. The summed E-state index contributed by atoms with van der Waals surface area (Å²) in [5.41, 5.74) is 2.43. The van der Waals surface area contributed by atoms with Crippen LogP contribution >= 0.6 is 11.6 Å². The minimum atomic E-state index is -3.51. The molecule has 0 saturated carbocycles. The topological polar surface area (TPSA) is 108 Å². The van der Waals surface area contributed by atoms with Crippen LogP contribution in [0.2, 0.25) is 0 Å². The lowest BCUT2D eigenvalue weighted by Gasteiger charge is -2.29. The third-order valence-corrected chi connectivity index (χ3v) is 8.40. The largest absolute Gasteiger partial charge is 0.508 e. The van der Waals surface area contributed by atoms with Crippen molar-refractivity contribution in [1.82, 2.24) is 14.3 Å². The second-order valence-corrected chi connectivity index (χ2v) is 11.0. The molecule has 1 saturated heterocycles. The van der Waals surface area contributed by atoms with Crippen LogP contribution in [0.4, 0.5) is 17.3 Å². The summed E-state index contributed by atoms with van der Waals surface area (Å²) in [4.78, 5) is 13.6. The number of sulfonamides is 1. The molecule has 2 aromatic carbocycles. The van der Waals surface area contributed by atoms with E-state index in [2.05, 4.69) is 27.2 Å². The highest BCUT2D eigenvalue weighted by molar-refractivity contribution is 7.89. The van der Waals surface area contributed by atoms with Gasteiger partial charge in [0.15, 0.2) is 0 Å². The fourth-order valence-corrected chi connectivity index (χ4v) is 5.77. The maximum Gasteiger partial charge on any atom is 0.243 e. The number of fused-ring (bicyclic) bond motifs is 3. The summed E-state index contributed by atoms with van der Waals surface area (Å²) < 4.78 is 27.5. The van der Waals surface area contributed by atoms with Crippen LogP contribution in [0.1, 0.15) is 25.3 Å². The van der Waals surface area contributed by atoms with Gasteiger partial charge in [0.2, 0.25) is 16.0 Å². The Morgan fingerprint density at radius 1 is 1.18 bits per heavy atom. The lowest BCUT2D eigenvalue weighted by molar-refractivity contribution is 0.288. The predicted molar refractivity (Wildman–Crippen MR) is 134 cm³/mol. The first-order chi connectivity index (χ1) is 16.3. The molecule has 176 valence electrons. The summed E-state index contributed by atoms with van der Waals surface area (Å²) in [7, 11) is -3.51. The van der Waals surface area contributed by atoms with E-state index in [1.54, 1.807) is 46.9 Å². The van der Waals surface area contributed by atoms with Gasteiger partial charge in [-0.1, -0.05) is 24.6 Å². The molecular formula is C24H24ClN5O3S. The van der Waals surface area contributed by atoms with Gasteiger partial charge < -0.3 is 10.4 Å². The number of anilines is 2. The Hall–Kier alpha value is -3.01. The number of piperidine rings is 1. The van der Waals surface area contributed by atoms with Gasteiger partial charge in [0.25, 0.3) is 0 Å². The van der Waals surface area contributed by atoms with Crippen LogP contribution in [-0.4, -0.2) is 47.1 Å². The van der Waals surface area contributed by atoms with Crippen molar-refractivity contribution in [2.24, 2.45) is 10.9 Å². The summed E-state index contributed by atoms with van der Waals surface area (Å²) in [5, 5.41) is 14.7. The van der Waals surface area contributed by atoms with Gasteiger partial charge in [0, 0.05) is 42.1 Å². The van der Waals surface area contributed by atoms with Crippen molar-refractivity contribution in [2.75, 3.05) is 18.4 Å². The number of halogens is 1. The quantitative estimate of drug-likeness (QED) is 0.531. The van der Waals surface area contributed by atoms with Gasteiger partial charge >= 0.3 is 0 Å². The molecule has 1 aromatic heterocycles. The Kier molecular flexibility index (Phi) is 6.01. The molecule has 0 atom stereocenters. The van der Waals surface area contributed by atoms with E-state index < -0.39 is 10.0 Å². The van der Waals surface area contributed by atoms with Crippen LogP contribution < -0.4 is 5.32 Å². The molecule has 0 amide bonds. The zero-order chi connectivity index (χ0) is 23.9. The van der Waals surface area contributed by atoms with E-state index in [0.29, 0.717) is 64.3 Å². The minimum absolute atomic E-state index is 0.117. The van der Waals surface area contributed by atoms with Crippen molar-refractivity contribution in [2.45, 2.75) is 31.1 Å². The van der Waals surface area contributed by atoms with Gasteiger partial charge in [-0.3, -0.25) is 4.99 Å². The maximum atomic E-state index is 13.0. The van der Waals surface area contributed by atoms with Gasteiger partial charge in [0.05, 0.1) is 15.6 Å². The lowest BCUT2D eigenvalue weighted by Crippen LogP contribution is -2.37. The number of allylic oxidation sites excluding steroid dienone is 2. The predicted octanol–water partition coefficient (Wildman–Crippen LogP) is 4.88. The zero-order valence-corrected chi connectivity index (χ0v) is 20.1. The molecule has 2 aliphatic rings. The van der Waals surface area contributed by atoms with Crippen LogP contribution in [-0.2, 0) is 16.4 Å². The van der Waals surface area contributed by atoms with Crippen LogP contribution in [0.15, 0.2) is 57.5 Å². The van der Waals surface area contributed by atoms with E-state index in [0.717, 1.165) is 12.8 Å². The highest BCUT2D eigenvalue weighted by Crippen LogP contribution is 2.38. The Morgan fingerprint density at radius 2 is 1.91 bits per heavy atom. The van der Waals surface area contributed by atoms with Gasteiger partial charge in [-0.05, 0) is 55.5 Å². The number of rotatable bonds is 4. The van der Waals surface area contributed by atoms with Crippen molar-refractivity contribution < 1.29 is 13.5 Å². The van der Waals surface area contributed by atoms with Crippen molar-refractivity contribution in [1.29, 1.82) is 0 Å². The fourth-order valence-electron chi connectivity index (χ4n) is 4.18. The standard InChI is InChI=1S/C24H24ClN5O3S/c1-15-8-10-30(11-9-15)34(32,33)19-5-3-18(4-6-19)28-24-27-13-16-12-21(31)20-7-2-17(25)14-26-23(20)22(16)29-24/h2-6,12-15,31H,7-11H2,1H3,(H,27,28,29). The molecule has 5 rings (SSSR count). The van der Waals surface area contributed by atoms with Crippen molar-refractivity contribution in [3.63, 3.8) is 0 Å². The molecule has 1 fully saturated rings. The number of hydrogen-bond acceptors (Lipinski definition) is 7. The highest BCUT2D eigenvalue weighted by atomic mass is 35.5. The molecular weight excluding hydrogens is 474 g/mol. The Balaban J connectivity index is 1.41. The number of aliphatic imine (C=N–C) groups is 1. The first-order valence-corrected chi connectivity index (χ1v) is 12.9.